The van der Waals surface area contributed by atoms with Crippen LogP contribution in [-0.4, -0.2) is 58.2 Å². The maximum Gasteiger partial charge on any atom is 0.408 e. The van der Waals surface area contributed by atoms with E-state index in [0.29, 0.717) is 25.2 Å². The first-order chi connectivity index (χ1) is 14.2. The van der Waals surface area contributed by atoms with Crippen molar-refractivity contribution in [2.75, 3.05) is 28.2 Å². The molecule has 2 atom stereocenters. The Labute approximate surface area is 169 Å². The topological polar surface area (TPSA) is 103 Å². The third-order valence-corrected chi connectivity index (χ3v) is 5.03. The first-order valence-corrected chi connectivity index (χ1v) is 9.25. The van der Waals surface area contributed by atoms with Crippen molar-refractivity contribution in [3.8, 4) is 0 Å². The molecule has 0 saturated carbocycles. The fourth-order valence-electron chi connectivity index (χ4n) is 3.47. The molecule has 0 aliphatic carbocycles. The third kappa shape index (κ3) is 3.72. The van der Waals surface area contributed by atoms with Crippen LogP contribution < -0.4 is 20.4 Å². The van der Waals surface area contributed by atoms with Gasteiger partial charge in [-0.15, -0.1) is 0 Å². The van der Waals surface area contributed by atoms with Crippen LogP contribution in [0.4, 0.5) is 35.4 Å². The summed E-state index contributed by atoms with van der Waals surface area (Å²) in [5, 5.41) is 4.48. The van der Waals surface area contributed by atoms with Gasteiger partial charge in [0.15, 0.2) is 5.82 Å². The molecule has 1 fully saturated rings. The molecule has 1 unspecified atom stereocenters. The first kappa shape index (κ1) is 19.9. The lowest BCUT2D eigenvalue weighted by Crippen LogP contribution is -2.49. The van der Waals surface area contributed by atoms with Crippen molar-refractivity contribution in [1.29, 1.82) is 0 Å². The molecular formula is C18H18F3N7O2. The molecule has 0 radical (unpaired) electrons. The van der Waals surface area contributed by atoms with Crippen LogP contribution in [0.15, 0.2) is 30.6 Å². The summed E-state index contributed by atoms with van der Waals surface area (Å²) in [6, 6.07) is 1.80. The van der Waals surface area contributed by atoms with Crippen molar-refractivity contribution in [2.24, 2.45) is 0 Å². The van der Waals surface area contributed by atoms with Crippen LogP contribution in [0.2, 0.25) is 0 Å². The zero-order valence-electron chi connectivity index (χ0n) is 15.8. The number of hydrogen-bond acceptors (Lipinski definition) is 6. The van der Waals surface area contributed by atoms with Crippen LogP contribution in [0, 0.1) is 0 Å². The number of pyridine rings is 1. The summed E-state index contributed by atoms with van der Waals surface area (Å²) in [6.45, 7) is 2.14. The van der Waals surface area contributed by atoms with E-state index in [1.807, 2.05) is 10.2 Å². The van der Waals surface area contributed by atoms with E-state index in [1.165, 1.54) is 23.4 Å². The lowest BCUT2D eigenvalue weighted by Gasteiger charge is -2.35. The van der Waals surface area contributed by atoms with Crippen LogP contribution in [0.1, 0.15) is 23.8 Å². The van der Waals surface area contributed by atoms with E-state index in [-0.39, 0.29) is 23.5 Å². The molecule has 2 aliphatic rings. The lowest BCUT2D eigenvalue weighted by atomic mass is 10.1. The van der Waals surface area contributed by atoms with Gasteiger partial charge in [0.1, 0.15) is 11.7 Å². The first-order valence-electron chi connectivity index (χ1n) is 9.25. The Morgan fingerprint density at radius 1 is 1.23 bits per heavy atom. The number of fused-ring (bicyclic) bond motifs is 4. The number of halogens is 3. The third-order valence-electron chi connectivity index (χ3n) is 5.03. The number of carbonyl (C=O) groups is 2. The minimum absolute atomic E-state index is 0.109. The number of anilines is 3. The lowest BCUT2D eigenvalue weighted by molar-refractivity contribution is -0.149. The Morgan fingerprint density at radius 2 is 1.97 bits per heavy atom. The second kappa shape index (κ2) is 7.43. The van der Waals surface area contributed by atoms with Gasteiger partial charge in [0.05, 0.1) is 11.7 Å². The van der Waals surface area contributed by atoms with Crippen LogP contribution in [0.25, 0.3) is 0 Å². The van der Waals surface area contributed by atoms with Gasteiger partial charge in [0.2, 0.25) is 5.95 Å². The number of aromatic nitrogens is 3. The number of urea groups is 1. The van der Waals surface area contributed by atoms with Crippen molar-refractivity contribution in [1.82, 2.24) is 20.3 Å². The zero-order valence-corrected chi connectivity index (χ0v) is 15.8. The highest BCUT2D eigenvalue weighted by Gasteiger charge is 2.41. The molecule has 2 aromatic heterocycles. The smallest absolute Gasteiger partial charge is 0.366 e. The molecule has 30 heavy (non-hydrogen) atoms. The second-order valence-corrected chi connectivity index (χ2v) is 7.04. The number of nitrogens with zero attached hydrogens (tertiary/aromatic N) is 5. The normalized spacial score (nSPS) is 18.6. The monoisotopic (exact) mass is 421 g/mol. The fraction of sp³-hybridized carbons (Fsp3) is 0.389. The summed E-state index contributed by atoms with van der Waals surface area (Å²) >= 11 is 0. The molecule has 2 bridgehead atoms. The molecule has 3 amide bonds. The van der Waals surface area contributed by atoms with Gasteiger partial charge in [0, 0.05) is 25.5 Å². The number of carbonyl (C=O) groups excluding carboxylic acids is 2. The summed E-state index contributed by atoms with van der Waals surface area (Å²) < 4.78 is 38.3. The Hall–Kier alpha value is -3.44. The summed E-state index contributed by atoms with van der Waals surface area (Å²) in [4.78, 5) is 40.8. The SMILES string of the molecule is C[C@@H](NC(=O)c1ccc2c(n1)N(C(=O)Nc1ncccn1)C1CCN2C1)C(F)(F)F. The van der Waals surface area contributed by atoms with Gasteiger partial charge >= 0.3 is 12.2 Å². The maximum absolute atomic E-state index is 12.9. The molecule has 0 spiro atoms. The standard InChI is InChI=1S/C18H18F3N7O2/c1-10(18(19,20)21)24-15(29)12-3-4-13-14(25-12)28(11-5-8-27(13)9-11)17(30)26-16-22-6-2-7-23-16/h2-4,6-7,10-11H,5,8-9H2,1H3,(H,24,29)(H,22,23,26,30)/t10-,11?/m1/s1. The summed E-state index contributed by atoms with van der Waals surface area (Å²) in [5.41, 5.74) is 0.425. The number of rotatable bonds is 3. The number of amides is 3. The number of alkyl halides is 3. The van der Waals surface area contributed by atoms with E-state index >= 15 is 0 Å². The highest BCUT2D eigenvalue weighted by molar-refractivity contribution is 6.04. The Morgan fingerprint density at radius 3 is 2.67 bits per heavy atom. The largest absolute Gasteiger partial charge is 0.408 e. The van der Waals surface area contributed by atoms with Gasteiger partial charge in [0.25, 0.3) is 5.91 Å². The average molecular weight is 421 g/mol. The molecule has 158 valence electrons. The minimum Gasteiger partial charge on any atom is -0.366 e. The predicted octanol–water partition coefficient (Wildman–Crippen LogP) is 2.18. The molecule has 2 aromatic rings. The highest BCUT2D eigenvalue weighted by atomic mass is 19.4. The van der Waals surface area contributed by atoms with Crippen molar-refractivity contribution >= 4 is 29.4 Å². The molecule has 2 aliphatic heterocycles. The maximum atomic E-state index is 12.9. The minimum atomic E-state index is -4.57. The van der Waals surface area contributed by atoms with E-state index in [2.05, 4.69) is 20.3 Å². The molecule has 2 N–H and O–H groups in total. The van der Waals surface area contributed by atoms with Crippen LogP contribution in [0.3, 0.4) is 0 Å². The Bertz CT molecular complexity index is 970. The van der Waals surface area contributed by atoms with Gasteiger partial charge in [-0.25, -0.2) is 19.7 Å². The molecule has 1 saturated heterocycles. The summed E-state index contributed by atoms with van der Waals surface area (Å²) in [5.74, 6) is -0.649. The molecule has 4 rings (SSSR count). The average Bonchev–Trinajstić information content (AvgIpc) is 3.12. The van der Waals surface area contributed by atoms with Gasteiger partial charge in [-0.2, -0.15) is 13.2 Å². The van der Waals surface area contributed by atoms with Gasteiger partial charge in [-0.1, -0.05) is 0 Å². The van der Waals surface area contributed by atoms with E-state index in [0.717, 1.165) is 6.92 Å². The number of nitrogens with one attached hydrogen (secondary N) is 2. The second-order valence-electron chi connectivity index (χ2n) is 7.04. The highest BCUT2D eigenvalue weighted by Crippen LogP contribution is 2.39. The van der Waals surface area contributed by atoms with Gasteiger partial charge < -0.3 is 10.2 Å². The van der Waals surface area contributed by atoms with Crippen molar-refractivity contribution in [3.63, 3.8) is 0 Å². The van der Waals surface area contributed by atoms with E-state index in [4.69, 9.17) is 0 Å². The van der Waals surface area contributed by atoms with Crippen LogP contribution >= 0.6 is 0 Å². The van der Waals surface area contributed by atoms with Crippen molar-refractivity contribution < 1.29 is 22.8 Å². The zero-order chi connectivity index (χ0) is 21.5. The van der Waals surface area contributed by atoms with E-state index in [9.17, 15) is 22.8 Å². The Kier molecular flexibility index (Phi) is 4.92. The van der Waals surface area contributed by atoms with Crippen LogP contribution in [0.5, 0.6) is 0 Å². The predicted molar refractivity (Wildman–Crippen MR) is 101 cm³/mol. The molecule has 12 heteroatoms. The molecule has 4 heterocycles. The summed E-state index contributed by atoms with van der Waals surface area (Å²) in [6.07, 6.45) is -0.929. The molecule has 0 aromatic carbocycles. The van der Waals surface area contributed by atoms with Crippen LogP contribution in [-0.2, 0) is 0 Å². The molecular weight excluding hydrogens is 403 g/mol. The quantitative estimate of drug-likeness (QED) is 0.788. The summed E-state index contributed by atoms with van der Waals surface area (Å²) in [7, 11) is 0. The number of hydrogen-bond donors (Lipinski definition) is 2. The van der Waals surface area contributed by atoms with Crippen molar-refractivity contribution in [3.05, 3.63) is 36.3 Å². The van der Waals surface area contributed by atoms with Gasteiger partial charge in [-0.05, 0) is 31.5 Å². The molecule has 9 nitrogen and oxygen atoms in total. The van der Waals surface area contributed by atoms with Gasteiger partial charge in [-0.3, -0.25) is 15.0 Å². The van der Waals surface area contributed by atoms with E-state index < -0.39 is 24.2 Å². The van der Waals surface area contributed by atoms with E-state index in [1.54, 1.807) is 12.1 Å². The Balaban J connectivity index is 1.63. The van der Waals surface area contributed by atoms with Crippen molar-refractivity contribution in [2.45, 2.75) is 31.6 Å². The fourth-order valence-corrected chi connectivity index (χ4v) is 3.47.